The highest BCUT2D eigenvalue weighted by Gasteiger charge is 2.75. The number of anilines is 1. The molecule has 5 aliphatic rings. The van der Waals surface area contributed by atoms with Crippen molar-refractivity contribution in [2.75, 3.05) is 59.0 Å². The molecule has 2 aliphatic carbocycles. The van der Waals surface area contributed by atoms with Crippen molar-refractivity contribution in [2.45, 2.75) is 61.6 Å². The lowest BCUT2D eigenvalue weighted by molar-refractivity contribution is 0.0805. The van der Waals surface area contributed by atoms with Crippen molar-refractivity contribution < 1.29 is 23.5 Å². The van der Waals surface area contributed by atoms with Crippen LogP contribution in [0.15, 0.2) is 18.2 Å². The Hall–Kier alpha value is -2.39. The van der Waals surface area contributed by atoms with Gasteiger partial charge in [-0.05, 0) is 81.3 Å². The Morgan fingerprint density at radius 1 is 1.17 bits per heavy atom. The van der Waals surface area contributed by atoms with Gasteiger partial charge >= 0.3 is 12.1 Å². The van der Waals surface area contributed by atoms with Crippen LogP contribution < -0.4 is 4.90 Å². The molecule has 9 heteroatoms. The van der Waals surface area contributed by atoms with Crippen LogP contribution >= 0.6 is 0 Å². The number of carbonyl (C=O) groups is 2. The number of fused-ring (bicyclic) bond motifs is 2. The quantitative estimate of drug-likeness (QED) is 0.468. The van der Waals surface area contributed by atoms with E-state index in [1.807, 2.05) is 9.80 Å². The standard InChI is InChI=1S/C27H37FN4O4/c1-29(2)24(33)31-17-26(21-15-19(28)5-6-22(21)31)8-10-30(11-9-26)20-14-18-4-7-23-27(18,16-20)32(23)25(34)36-13-12-35-3/h5-6,15,18,20,23H,4,7-14,16-17H2,1-3H3. The van der Waals surface area contributed by atoms with Gasteiger partial charge in [0.2, 0.25) is 0 Å². The van der Waals surface area contributed by atoms with E-state index in [1.54, 1.807) is 38.2 Å². The molecule has 3 amide bonds. The Bertz CT molecular complexity index is 1060. The van der Waals surface area contributed by atoms with Crippen LogP contribution in [0.1, 0.15) is 44.1 Å². The van der Waals surface area contributed by atoms with Gasteiger partial charge in [-0.1, -0.05) is 0 Å². The van der Waals surface area contributed by atoms with Crippen molar-refractivity contribution in [2.24, 2.45) is 5.92 Å². The van der Waals surface area contributed by atoms with Crippen LogP contribution in [0.2, 0.25) is 0 Å². The Labute approximate surface area is 212 Å². The smallest absolute Gasteiger partial charge is 0.410 e. The molecule has 0 radical (unpaired) electrons. The maximum Gasteiger partial charge on any atom is 0.410 e. The molecular weight excluding hydrogens is 463 g/mol. The number of nitrogens with zero attached hydrogens (tertiary/aromatic N) is 4. The highest BCUT2D eigenvalue weighted by atomic mass is 19.1. The topological polar surface area (TPSA) is 65.3 Å². The molecule has 3 heterocycles. The fourth-order valence-electron chi connectivity index (χ4n) is 8.03. The fourth-order valence-corrected chi connectivity index (χ4v) is 8.03. The third-order valence-corrected chi connectivity index (χ3v) is 9.76. The number of likely N-dealkylation sites (tertiary alicyclic amines) is 2. The SMILES string of the molecule is COCCOC(=O)N1C2CCC3CC(N4CCC5(CC4)CN(C(=O)N(C)C)c4ccc(F)cc45)CC321. The van der Waals surface area contributed by atoms with Gasteiger partial charge in [0.05, 0.1) is 18.2 Å². The van der Waals surface area contributed by atoms with Crippen molar-refractivity contribution in [3.63, 3.8) is 0 Å². The second-order valence-corrected chi connectivity index (χ2v) is 11.6. The molecule has 1 aromatic carbocycles. The van der Waals surface area contributed by atoms with Gasteiger partial charge in [-0.25, -0.2) is 14.0 Å². The first-order valence-electron chi connectivity index (χ1n) is 13.3. The van der Waals surface area contributed by atoms with Gasteiger partial charge in [-0.3, -0.25) is 9.80 Å². The lowest BCUT2D eigenvalue weighted by atomic mass is 9.74. The maximum atomic E-state index is 14.3. The van der Waals surface area contributed by atoms with E-state index in [0.717, 1.165) is 56.4 Å². The summed E-state index contributed by atoms with van der Waals surface area (Å²) < 4.78 is 24.8. The van der Waals surface area contributed by atoms with Crippen LogP contribution in [0.4, 0.5) is 19.7 Å². The highest BCUT2D eigenvalue weighted by molar-refractivity contribution is 5.95. The van der Waals surface area contributed by atoms with E-state index in [1.165, 1.54) is 12.5 Å². The predicted molar refractivity (Wildman–Crippen MR) is 133 cm³/mol. The third-order valence-electron chi connectivity index (χ3n) is 9.76. The van der Waals surface area contributed by atoms with Crippen molar-refractivity contribution in [1.29, 1.82) is 0 Å². The van der Waals surface area contributed by atoms with E-state index >= 15 is 0 Å². The number of rotatable bonds is 4. The number of methoxy groups -OCH3 is 1. The number of hydrogen-bond acceptors (Lipinski definition) is 5. The van der Waals surface area contributed by atoms with Gasteiger partial charge in [0.25, 0.3) is 0 Å². The zero-order chi connectivity index (χ0) is 25.2. The van der Waals surface area contributed by atoms with Crippen LogP contribution in [0.25, 0.3) is 0 Å². The molecule has 2 saturated carbocycles. The van der Waals surface area contributed by atoms with Gasteiger partial charge in [0, 0.05) is 44.9 Å². The van der Waals surface area contributed by atoms with Gasteiger partial charge < -0.3 is 19.3 Å². The molecule has 0 N–H and O–H groups in total. The third kappa shape index (κ3) is 3.45. The minimum Gasteiger partial charge on any atom is -0.447 e. The second kappa shape index (κ2) is 8.58. The number of hydrogen-bond donors (Lipinski definition) is 0. The normalized spacial score (nSPS) is 31.8. The molecule has 4 atom stereocenters. The summed E-state index contributed by atoms with van der Waals surface area (Å²) in [5.74, 6) is 0.308. The molecule has 1 aromatic rings. The number of urea groups is 1. The Kier molecular flexibility index (Phi) is 5.72. The number of benzene rings is 1. The van der Waals surface area contributed by atoms with Gasteiger partial charge in [-0.15, -0.1) is 0 Å². The molecule has 6 rings (SSSR count). The first kappa shape index (κ1) is 24.0. The number of halogens is 1. The van der Waals surface area contributed by atoms with Crippen LogP contribution in [0.5, 0.6) is 0 Å². The second-order valence-electron chi connectivity index (χ2n) is 11.6. The van der Waals surface area contributed by atoms with E-state index in [9.17, 15) is 14.0 Å². The Balaban J connectivity index is 1.14. The number of carbonyl (C=O) groups excluding carboxylic acids is 2. The molecule has 36 heavy (non-hydrogen) atoms. The van der Waals surface area contributed by atoms with Gasteiger partial charge in [0.1, 0.15) is 12.4 Å². The van der Waals surface area contributed by atoms with E-state index < -0.39 is 0 Å². The molecule has 0 aromatic heterocycles. The largest absolute Gasteiger partial charge is 0.447 e. The summed E-state index contributed by atoms with van der Waals surface area (Å²) in [5.41, 5.74) is 1.61. The summed E-state index contributed by atoms with van der Waals surface area (Å²) in [5, 5.41) is 0. The molecule has 2 spiro atoms. The number of piperidine rings is 2. The molecule has 3 aliphatic heterocycles. The summed E-state index contributed by atoms with van der Waals surface area (Å²) in [6.07, 6.45) is 6.04. The van der Waals surface area contributed by atoms with Crippen LogP contribution in [0.3, 0.4) is 0 Å². The lowest BCUT2D eigenvalue weighted by Crippen LogP contribution is -2.49. The molecule has 0 bridgehead atoms. The van der Waals surface area contributed by atoms with Crippen LogP contribution in [0, 0.1) is 11.7 Å². The zero-order valence-electron chi connectivity index (χ0n) is 21.5. The lowest BCUT2D eigenvalue weighted by Gasteiger charge is -2.42. The molecule has 8 nitrogen and oxygen atoms in total. The van der Waals surface area contributed by atoms with Crippen LogP contribution in [-0.2, 0) is 14.9 Å². The van der Waals surface area contributed by atoms with Crippen molar-refractivity contribution in [1.82, 2.24) is 14.7 Å². The molecule has 4 unspecified atom stereocenters. The minimum atomic E-state index is -0.241. The molecule has 4 fully saturated rings. The Morgan fingerprint density at radius 2 is 1.94 bits per heavy atom. The molecular formula is C27H37FN4O4. The fraction of sp³-hybridized carbons (Fsp3) is 0.704. The van der Waals surface area contributed by atoms with Crippen molar-refractivity contribution in [3.8, 4) is 0 Å². The van der Waals surface area contributed by atoms with E-state index in [-0.39, 0.29) is 28.9 Å². The summed E-state index contributed by atoms with van der Waals surface area (Å²) >= 11 is 0. The highest BCUT2D eigenvalue weighted by Crippen LogP contribution is 2.65. The maximum absolute atomic E-state index is 14.3. The average Bonchev–Trinajstić information content (AvgIpc) is 3.11. The molecule has 196 valence electrons. The molecule has 2 saturated heterocycles. The van der Waals surface area contributed by atoms with Gasteiger partial charge in [-0.2, -0.15) is 0 Å². The van der Waals surface area contributed by atoms with Gasteiger partial charge in [0.15, 0.2) is 0 Å². The first-order valence-corrected chi connectivity index (χ1v) is 13.3. The number of ether oxygens (including phenoxy) is 2. The zero-order valence-corrected chi connectivity index (χ0v) is 21.5. The summed E-state index contributed by atoms with van der Waals surface area (Å²) in [6.45, 7) is 3.18. The predicted octanol–water partition coefficient (Wildman–Crippen LogP) is 3.44. The van der Waals surface area contributed by atoms with E-state index in [4.69, 9.17) is 9.47 Å². The van der Waals surface area contributed by atoms with Crippen LogP contribution in [-0.4, -0.2) is 98.5 Å². The average molecular weight is 501 g/mol. The van der Waals surface area contributed by atoms with E-state index in [2.05, 4.69) is 4.90 Å². The minimum absolute atomic E-state index is 0.0119. The van der Waals surface area contributed by atoms with Crippen molar-refractivity contribution in [3.05, 3.63) is 29.6 Å². The monoisotopic (exact) mass is 500 g/mol. The summed E-state index contributed by atoms with van der Waals surface area (Å²) in [6, 6.07) is 5.60. The Morgan fingerprint density at radius 3 is 2.67 bits per heavy atom. The van der Waals surface area contributed by atoms with E-state index in [0.29, 0.717) is 37.8 Å². The number of amides is 3. The summed E-state index contributed by atoms with van der Waals surface area (Å²) in [4.78, 5) is 33.7. The first-order chi connectivity index (χ1) is 17.3. The van der Waals surface area contributed by atoms with Crippen molar-refractivity contribution >= 4 is 17.8 Å². The summed E-state index contributed by atoms with van der Waals surface area (Å²) in [7, 11) is 5.13.